The molecule has 1 amide bonds. The number of thiophene rings is 1. The molecule has 2 heterocycles. The van der Waals surface area contributed by atoms with Gasteiger partial charge >= 0.3 is 5.63 Å². The lowest BCUT2D eigenvalue weighted by molar-refractivity contribution is 0.103. The van der Waals surface area contributed by atoms with Crippen LogP contribution in [0.3, 0.4) is 0 Å². The van der Waals surface area contributed by atoms with Gasteiger partial charge in [-0.05, 0) is 42.8 Å². The topological polar surface area (TPSA) is 59.3 Å². The molecule has 2 aromatic carbocycles. The number of fused-ring (bicyclic) bond motifs is 3. The van der Waals surface area contributed by atoms with Gasteiger partial charge in [-0.25, -0.2) is 4.79 Å². The van der Waals surface area contributed by atoms with E-state index in [1.54, 1.807) is 30.3 Å². The maximum Gasteiger partial charge on any atom is 0.345 e. The number of halogens is 1. The van der Waals surface area contributed by atoms with E-state index >= 15 is 0 Å². The summed E-state index contributed by atoms with van der Waals surface area (Å²) in [6, 6.07) is 14.2. The summed E-state index contributed by atoms with van der Waals surface area (Å²) in [5.74, 6) is -0.287. The third-order valence-electron chi connectivity index (χ3n) is 3.94. The Balaban J connectivity index is 1.77. The second-order valence-corrected chi connectivity index (χ2v) is 7.12. The van der Waals surface area contributed by atoms with E-state index in [0.717, 1.165) is 15.6 Å². The van der Waals surface area contributed by atoms with Crippen LogP contribution in [0.4, 0.5) is 5.69 Å². The van der Waals surface area contributed by atoms with E-state index in [1.165, 1.54) is 11.3 Å². The summed E-state index contributed by atoms with van der Waals surface area (Å²) in [4.78, 5) is 25.2. The van der Waals surface area contributed by atoms with Crippen LogP contribution in [0.2, 0.25) is 5.02 Å². The molecule has 4 nitrogen and oxygen atoms in total. The first kappa shape index (κ1) is 15.9. The molecule has 25 heavy (non-hydrogen) atoms. The fraction of sp³-hybridized carbons (Fsp3) is 0.0526. The number of anilines is 1. The van der Waals surface area contributed by atoms with E-state index in [4.69, 9.17) is 16.0 Å². The molecule has 0 aliphatic carbocycles. The van der Waals surface area contributed by atoms with Crippen LogP contribution < -0.4 is 10.9 Å². The predicted molar refractivity (Wildman–Crippen MR) is 102 cm³/mol. The van der Waals surface area contributed by atoms with Crippen LogP contribution in [0.15, 0.2) is 57.7 Å². The lowest BCUT2D eigenvalue weighted by Gasteiger charge is -2.05. The summed E-state index contributed by atoms with van der Waals surface area (Å²) in [6.45, 7) is 1.89. The van der Waals surface area contributed by atoms with Crippen LogP contribution in [-0.4, -0.2) is 5.91 Å². The van der Waals surface area contributed by atoms with Crippen LogP contribution in [0.5, 0.6) is 0 Å². The summed E-state index contributed by atoms with van der Waals surface area (Å²) in [7, 11) is 0. The van der Waals surface area contributed by atoms with Gasteiger partial charge in [0.2, 0.25) is 0 Å². The quantitative estimate of drug-likeness (QED) is 0.493. The highest BCUT2D eigenvalue weighted by atomic mass is 35.5. The molecule has 0 radical (unpaired) electrons. The second-order valence-electron chi connectivity index (χ2n) is 5.66. The highest BCUT2D eigenvalue weighted by molar-refractivity contribution is 7.21. The normalized spacial score (nSPS) is 11.1. The second kappa shape index (κ2) is 6.02. The van der Waals surface area contributed by atoms with Gasteiger partial charge in [-0.2, -0.15) is 0 Å². The maximum atomic E-state index is 12.6. The van der Waals surface area contributed by atoms with Gasteiger partial charge in [-0.1, -0.05) is 29.8 Å². The summed E-state index contributed by atoms with van der Waals surface area (Å²) < 4.78 is 6.07. The highest BCUT2D eigenvalue weighted by Crippen LogP contribution is 2.31. The molecule has 1 N–H and O–H groups in total. The number of hydrogen-bond acceptors (Lipinski definition) is 4. The molecule has 0 bridgehead atoms. The van der Waals surface area contributed by atoms with E-state index in [2.05, 4.69) is 5.32 Å². The van der Waals surface area contributed by atoms with Crippen LogP contribution >= 0.6 is 22.9 Å². The molecular weight excluding hydrogens is 358 g/mol. The van der Waals surface area contributed by atoms with Gasteiger partial charge in [-0.15, -0.1) is 11.3 Å². The van der Waals surface area contributed by atoms with E-state index < -0.39 is 5.63 Å². The van der Waals surface area contributed by atoms with Crippen LogP contribution in [0, 0.1) is 6.92 Å². The van der Waals surface area contributed by atoms with Crippen molar-refractivity contribution in [3.8, 4) is 0 Å². The van der Waals surface area contributed by atoms with Crippen LogP contribution in [-0.2, 0) is 0 Å². The number of hydrogen-bond donors (Lipinski definition) is 1. The molecule has 4 aromatic rings. The number of nitrogens with one attached hydrogen (secondary N) is 1. The van der Waals surface area contributed by atoms with Gasteiger partial charge in [0, 0.05) is 16.1 Å². The number of carbonyl (C=O) groups is 1. The van der Waals surface area contributed by atoms with E-state index in [0.29, 0.717) is 26.6 Å². The van der Waals surface area contributed by atoms with E-state index in [9.17, 15) is 9.59 Å². The zero-order valence-electron chi connectivity index (χ0n) is 13.1. The molecule has 0 spiro atoms. The first-order valence-corrected chi connectivity index (χ1v) is 8.75. The van der Waals surface area contributed by atoms with Crippen molar-refractivity contribution in [1.29, 1.82) is 0 Å². The molecule has 0 saturated carbocycles. The van der Waals surface area contributed by atoms with Gasteiger partial charge < -0.3 is 9.73 Å². The SMILES string of the molecule is Cc1ccc(NC(=O)c2cc3c(=O)oc4ccccc4c3s2)cc1Cl. The van der Waals surface area contributed by atoms with Crippen molar-refractivity contribution in [1.82, 2.24) is 0 Å². The number of rotatable bonds is 2. The number of amides is 1. The first-order chi connectivity index (χ1) is 12.0. The average molecular weight is 370 g/mol. The van der Waals surface area contributed by atoms with Crippen molar-refractivity contribution in [3.05, 3.63) is 74.4 Å². The fourth-order valence-corrected chi connectivity index (χ4v) is 3.87. The van der Waals surface area contributed by atoms with Gasteiger partial charge in [-0.3, -0.25) is 4.79 Å². The minimum atomic E-state index is -0.442. The Hall–Kier alpha value is -2.63. The van der Waals surface area contributed by atoms with Crippen molar-refractivity contribution in [2.45, 2.75) is 6.92 Å². The average Bonchev–Trinajstić information content (AvgIpc) is 3.05. The van der Waals surface area contributed by atoms with Gasteiger partial charge in [0.25, 0.3) is 5.91 Å². The molecule has 0 unspecified atom stereocenters. The summed E-state index contributed by atoms with van der Waals surface area (Å²) in [5.41, 5.74) is 1.61. The largest absolute Gasteiger partial charge is 0.422 e. The highest BCUT2D eigenvalue weighted by Gasteiger charge is 2.16. The van der Waals surface area contributed by atoms with Gasteiger partial charge in [0.1, 0.15) is 5.58 Å². The summed E-state index contributed by atoms with van der Waals surface area (Å²) in [6.07, 6.45) is 0. The molecule has 4 rings (SSSR count). The van der Waals surface area contributed by atoms with Crippen LogP contribution in [0.25, 0.3) is 21.1 Å². The maximum absolute atomic E-state index is 12.6. The minimum Gasteiger partial charge on any atom is -0.422 e. The molecule has 0 saturated heterocycles. The Labute approximate surface area is 151 Å². The minimum absolute atomic E-state index is 0.287. The van der Waals surface area contributed by atoms with Crippen molar-refractivity contribution in [2.24, 2.45) is 0 Å². The summed E-state index contributed by atoms with van der Waals surface area (Å²) in [5, 5.41) is 4.62. The molecule has 124 valence electrons. The van der Waals surface area contributed by atoms with E-state index in [-0.39, 0.29) is 5.91 Å². The van der Waals surface area contributed by atoms with Crippen molar-refractivity contribution in [2.75, 3.05) is 5.32 Å². The zero-order chi connectivity index (χ0) is 17.6. The third kappa shape index (κ3) is 2.81. The predicted octanol–water partition coefficient (Wildman–Crippen LogP) is 5.22. The molecule has 0 fully saturated rings. The first-order valence-electron chi connectivity index (χ1n) is 7.56. The molecule has 0 atom stereocenters. The molecular formula is C19H12ClNO3S. The summed E-state index contributed by atoms with van der Waals surface area (Å²) >= 11 is 7.36. The van der Waals surface area contributed by atoms with Gasteiger partial charge in [0.15, 0.2) is 0 Å². The number of carbonyl (C=O) groups excluding carboxylic acids is 1. The Morgan fingerprint density at radius 2 is 1.92 bits per heavy atom. The van der Waals surface area contributed by atoms with Crippen molar-refractivity contribution >= 4 is 55.6 Å². The van der Waals surface area contributed by atoms with Gasteiger partial charge in [0.05, 0.1) is 15.0 Å². The third-order valence-corrected chi connectivity index (χ3v) is 5.51. The monoisotopic (exact) mass is 369 g/mol. The lowest BCUT2D eigenvalue weighted by Crippen LogP contribution is -2.10. The number of aryl methyl sites for hydroxylation is 1. The molecule has 6 heteroatoms. The Morgan fingerprint density at radius 3 is 2.72 bits per heavy atom. The van der Waals surface area contributed by atoms with Crippen molar-refractivity contribution < 1.29 is 9.21 Å². The Kier molecular flexibility index (Phi) is 3.82. The van der Waals surface area contributed by atoms with E-state index in [1.807, 2.05) is 25.1 Å². The molecule has 0 aliphatic heterocycles. The fourth-order valence-electron chi connectivity index (χ4n) is 2.62. The standard InChI is InChI=1S/C19H12ClNO3S/c1-10-6-7-11(8-14(10)20)21-18(22)16-9-13-17(25-16)12-4-2-3-5-15(12)24-19(13)23/h2-9H,1H3,(H,21,22). The number of benzene rings is 2. The zero-order valence-corrected chi connectivity index (χ0v) is 14.7. The molecule has 2 aromatic heterocycles. The van der Waals surface area contributed by atoms with Crippen molar-refractivity contribution in [3.63, 3.8) is 0 Å². The lowest BCUT2D eigenvalue weighted by atomic mass is 10.2. The Bertz CT molecular complexity index is 1190. The smallest absolute Gasteiger partial charge is 0.345 e. The Morgan fingerprint density at radius 1 is 1.12 bits per heavy atom. The number of para-hydroxylation sites is 1. The molecule has 0 aliphatic rings. The van der Waals surface area contributed by atoms with Crippen LogP contribution in [0.1, 0.15) is 15.2 Å².